The topological polar surface area (TPSA) is 36.4 Å². The first kappa shape index (κ1) is 15.4. The zero-order valence-electron chi connectivity index (χ0n) is 13.0. The number of likely N-dealkylation sites (tertiary alicyclic amines) is 2. The van der Waals surface area contributed by atoms with Crippen molar-refractivity contribution < 1.29 is 13.6 Å². The minimum absolute atomic E-state index is 0.0158. The van der Waals surface area contributed by atoms with Gasteiger partial charge in [-0.1, -0.05) is 0 Å². The number of hydrogen-bond donors (Lipinski definition) is 0. The Morgan fingerprint density at radius 3 is 2.83 bits per heavy atom. The van der Waals surface area contributed by atoms with Crippen molar-refractivity contribution in [2.75, 3.05) is 26.2 Å². The van der Waals surface area contributed by atoms with E-state index >= 15 is 0 Å². The molecule has 0 unspecified atom stereocenters. The Balaban J connectivity index is 1.32. The molecule has 2 aliphatic heterocycles. The molecule has 7 heteroatoms. The van der Waals surface area contributed by atoms with Crippen molar-refractivity contribution in [3.63, 3.8) is 0 Å². The van der Waals surface area contributed by atoms with Crippen LogP contribution in [0.4, 0.5) is 8.78 Å². The number of halogens is 2. The van der Waals surface area contributed by atoms with Crippen LogP contribution in [0.5, 0.6) is 0 Å². The first-order valence-electron chi connectivity index (χ1n) is 8.23. The fraction of sp³-hybridized carbons (Fsp3) is 0.750. The molecule has 0 bridgehead atoms. The van der Waals surface area contributed by atoms with Crippen molar-refractivity contribution in [3.8, 4) is 0 Å². The molecule has 1 aromatic rings. The molecule has 1 saturated carbocycles. The second kappa shape index (κ2) is 5.48. The fourth-order valence-corrected chi connectivity index (χ4v) is 4.96. The minimum Gasteiger partial charge on any atom is -0.336 e. The van der Waals surface area contributed by atoms with Crippen molar-refractivity contribution >= 4 is 17.2 Å². The van der Waals surface area contributed by atoms with Crippen LogP contribution in [0.2, 0.25) is 0 Å². The monoisotopic (exact) mass is 341 g/mol. The van der Waals surface area contributed by atoms with E-state index in [1.54, 1.807) is 16.8 Å². The normalized spacial score (nSPS) is 31.2. The van der Waals surface area contributed by atoms with Gasteiger partial charge in [-0.25, -0.2) is 8.78 Å². The van der Waals surface area contributed by atoms with Crippen molar-refractivity contribution in [1.82, 2.24) is 14.8 Å². The molecule has 3 fully saturated rings. The van der Waals surface area contributed by atoms with Gasteiger partial charge in [-0.15, -0.1) is 11.3 Å². The maximum absolute atomic E-state index is 13.0. The van der Waals surface area contributed by atoms with Crippen LogP contribution in [0.1, 0.15) is 30.6 Å². The number of amides is 1. The zero-order valence-corrected chi connectivity index (χ0v) is 13.8. The molecular formula is C16H21F2N3OS. The molecule has 4 nitrogen and oxygen atoms in total. The van der Waals surface area contributed by atoms with E-state index < -0.39 is 5.92 Å². The van der Waals surface area contributed by atoms with Crippen molar-refractivity contribution in [2.45, 2.75) is 38.2 Å². The molecule has 1 amide bonds. The van der Waals surface area contributed by atoms with Crippen LogP contribution in [-0.4, -0.2) is 52.8 Å². The molecule has 1 spiro atoms. The van der Waals surface area contributed by atoms with Crippen LogP contribution >= 0.6 is 11.3 Å². The van der Waals surface area contributed by atoms with Crippen LogP contribution in [-0.2, 0) is 11.3 Å². The summed E-state index contributed by atoms with van der Waals surface area (Å²) in [6.07, 6.45) is 3.77. The summed E-state index contributed by atoms with van der Waals surface area (Å²) in [6.45, 7) is 3.85. The molecule has 0 N–H and O–H groups in total. The Labute approximate surface area is 138 Å². The summed E-state index contributed by atoms with van der Waals surface area (Å²) in [5.41, 5.74) is 1.53. The molecule has 126 valence electrons. The van der Waals surface area contributed by atoms with Gasteiger partial charge in [-0.3, -0.25) is 9.78 Å². The zero-order chi connectivity index (χ0) is 16.1. The van der Waals surface area contributed by atoms with E-state index in [4.69, 9.17) is 0 Å². The molecule has 2 saturated heterocycles. The predicted octanol–water partition coefficient (Wildman–Crippen LogP) is 2.61. The van der Waals surface area contributed by atoms with Gasteiger partial charge in [0, 0.05) is 43.5 Å². The van der Waals surface area contributed by atoms with Gasteiger partial charge in [0.25, 0.3) is 0 Å². The number of aromatic nitrogens is 1. The number of rotatable bonds is 4. The number of carbonyl (C=O) groups is 1. The quantitative estimate of drug-likeness (QED) is 0.790. The highest BCUT2D eigenvalue weighted by Gasteiger charge is 2.54. The molecule has 1 aromatic heterocycles. The SMILES string of the molecule is O=C1N(Cc2cncs2)C[C@@]12CCCN(CC1CC(F)(F)C1)C2. The van der Waals surface area contributed by atoms with Crippen molar-refractivity contribution in [3.05, 3.63) is 16.6 Å². The lowest BCUT2D eigenvalue weighted by Crippen LogP contribution is -2.66. The van der Waals surface area contributed by atoms with E-state index in [1.165, 1.54) is 0 Å². The first-order chi connectivity index (χ1) is 11.0. The van der Waals surface area contributed by atoms with Gasteiger partial charge in [-0.2, -0.15) is 0 Å². The highest BCUT2D eigenvalue weighted by molar-refractivity contribution is 7.09. The molecule has 1 aliphatic carbocycles. The molecule has 4 rings (SSSR count). The van der Waals surface area contributed by atoms with E-state index in [2.05, 4.69) is 9.88 Å². The first-order valence-corrected chi connectivity index (χ1v) is 9.11. The summed E-state index contributed by atoms with van der Waals surface area (Å²) in [4.78, 5) is 21.9. The van der Waals surface area contributed by atoms with E-state index in [0.29, 0.717) is 6.54 Å². The standard InChI is InChI=1S/C16H21F2N3OS/c17-16(18)4-12(5-16)7-20-3-1-2-15(9-20)10-21(14(15)22)8-13-6-19-11-23-13/h6,11-12H,1-5,7-10H2/t15-/m0/s1. The van der Waals surface area contributed by atoms with Crippen LogP contribution in [0.15, 0.2) is 11.7 Å². The summed E-state index contributed by atoms with van der Waals surface area (Å²) in [6, 6.07) is 0. The Morgan fingerprint density at radius 2 is 2.17 bits per heavy atom. The number of nitrogens with zero attached hydrogens (tertiary/aromatic N) is 3. The predicted molar refractivity (Wildman–Crippen MR) is 83.3 cm³/mol. The minimum atomic E-state index is -2.45. The van der Waals surface area contributed by atoms with Crippen molar-refractivity contribution in [2.24, 2.45) is 11.3 Å². The van der Waals surface area contributed by atoms with E-state index in [-0.39, 0.29) is 30.1 Å². The molecule has 1 atom stereocenters. The Morgan fingerprint density at radius 1 is 1.35 bits per heavy atom. The number of piperidine rings is 1. The average Bonchev–Trinajstić information content (AvgIpc) is 2.98. The fourth-order valence-electron chi connectivity index (χ4n) is 4.35. The van der Waals surface area contributed by atoms with Gasteiger partial charge < -0.3 is 9.80 Å². The summed E-state index contributed by atoms with van der Waals surface area (Å²) >= 11 is 1.57. The smallest absolute Gasteiger partial charge is 0.248 e. The van der Waals surface area contributed by atoms with Gasteiger partial charge in [-0.05, 0) is 25.3 Å². The van der Waals surface area contributed by atoms with Gasteiger partial charge in [0.1, 0.15) is 0 Å². The molecular weight excluding hydrogens is 320 g/mol. The van der Waals surface area contributed by atoms with Gasteiger partial charge in [0.05, 0.1) is 17.5 Å². The number of hydrogen-bond acceptors (Lipinski definition) is 4. The lowest BCUT2D eigenvalue weighted by atomic mass is 9.71. The number of carbonyl (C=O) groups excluding carboxylic acids is 1. The Kier molecular flexibility index (Phi) is 3.68. The lowest BCUT2D eigenvalue weighted by molar-refractivity contribution is -0.169. The molecule has 3 aliphatic rings. The molecule has 23 heavy (non-hydrogen) atoms. The second-order valence-electron chi connectivity index (χ2n) is 7.38. The number of thiazole rings is 1. The molecule has 0 radical (unpaired) electrons. The summed E-state index contributed by atoms with van der Waals surface area (Å²) < 4.78 is 26.0. The maximum atomic E-state index is 13.0. The summed E-state index contributed by atoms with van der Waals surface area (Å²) in [7, 11) is 0. The van der Waals surface area contributed by atoms with Crippen LogP contribution in [0, 0.1) is 11.3 Å². The summed E-state index contributed by atoms with van der Waals surface area (Å²) in [5.74, 6) is -2.12. The van der Waals surface area contributed by atoms with E-state index in [9.17, 15) is 13.6 Å². The number of alkyl halides is 2. The second-order valence-corrected chi connectivity index (χ2v) is 8.35. The summed E-state index contributed by atoms with van der Waals surface area (Å²) in [5, 5.41) is 0. The Hall–Kier alpha value is -1.08. The molecule has 3 heterocycles. The third-order valence-electron chi connectivity index (χ3n) is 5.41. The highest BCUT2D eigenvalue weighted by atomic mass is 32.1. The van der Waals surface area contributed by atoms with Crippen LogP contribution in [0.25, 0.3) is 0 Å². The Bertz CT molecular complexity index is 586. The lowest BCUT2D eigenvalue weighted by Gasteiger charge is -2.54. The largest absolute Gasteiger partial charge is 0.336 e. The third kappa shape index (κ3) is 2.89. The van der Waals surface area contributed by atoms with Crippen LogP contribution in [0.3, 0.4) is 0 Å². The third-order valence-corrected chi connectivity index (χ3v) is 6.18. The van der Waals surface area contributed by atoms with E-state index in [0.717, 1.165) is 43.9 Å². The van der Waals surface area contributed by atoms with Gasteiger partial charge in [0.2, 0.25) is 11.8 Å². The average molecular weight is 341 g/mol. The van der Waals surface area contributed by atoms with Crippen molar-refractivity contribution in [1.29, 1.82) is 0 Å². The van der Waals surface area contributed by atoms with Crippen LogP contribution < -0.4 is 0 Å². The highest BCUT2D eigenvalue weighted by Crippen LogP contribution is 2.45. The molecule has 0 aromatic carbocycles. The number of β-lactam (4-membered cyclic amide) rings is 1. The maximum Gasteiger partial charge on any atom is 0.248 e. The van der Waals surface area contributed by atoms with E-state index in [1.807, 2.05) is 11.1 Å². The van der Waals surface area contributed by atoms with Gasteiger partial charge in [0.15, 0.2) is 0 Å². The van der Waals surface area contributed by atoms with Gasteiger partial charge >= 0.3 is 0 Å².